The minimum absolute atomic E-state index is 0.260. The summed E-state index contributed by atoms with van der Waals surface area (Å²) in [6, 6.07) is 5.90. The van der Waals surface area contributed by atoms with Gasteiger partial charge < -0.3 is 14.2 Å². The lowest BCUT2D eigenvalue weighted by Crippen LogP contribution is -1.97. The first kappa shape index (κ1) is 9.62. The Bertz CT molecular complexity index is 503. The lowest BCUT2D eigenvalue weighted by Gasteiger charge is -2.08. The summed E-state index contributed by atoms with van der Waals surface area (Å²) < 4.78 is 16.0. The van der Waals surface area contributed by atoms with E-state index in [-0.39, 0.29) is 6.29 Å². The maximum atomic E-state index is 5.44. The number of nitrogens with one attached hydrogen (secondary N) is 1. The molecule has 5 nitrogen and oxygen atoms in total. The number of hydrogen-bond donors (Lipinski definition) is 1. The number of ether oxygens (including phenoxy) is 3. The standard InChI is InChI=1S/C11H12N2O3/c1-14-10-8-6-7(11-15-4-5-16-11)2-3-9(8)12-13-10/h2-3,6,11H,4-5H2,1H3,(H,12,13). The fourth-order valence-corrected chi connectivity index (χ4v) is 1.86. The van der Waals surface area contributed by atoms with Crippen molar-refractivity contribution in [1.82, 2.24) is 10.2 Å². The number of fused-ring (bicyclic) bond motifs is 1. The second-order valence-electron chi connectivity index (χ2n) is 3.61. The van der Waals surface area contributed by atoms with E-state index in [2.05, 4.69) is 10.2 Å². The number of hydrogen-bond acceptors (Lipinski definition) is 4. The first-order valence-corrected chi connectivity index (χ1v) is 5.14. The molecular formula is C11H12N2O3. The Balaban J connectivity index is 2.06. The summed E-state index contributed by atoms with van der Waals surface area (Å²) in [6.45, 7) is 1.29. The van der Waals surface area contributed by atoms with Crippen molar-refractivity contribution in [2.75, 3.05) is 20.3 Å². The van der Waals surface area contributed by atoms with E-state index < -0.39 is 0 Å². The summed E-state index contributed by atoms with van der Waals surface area (Å²) in [5, 5.41) is 7.90. The van der Waals surface area contributed by atoms with Crippen LogP contribution in [0.2, 0.25) is 0 Å². The smallest absolute Gasteiger partial charge is 0.240 e. The number of H-pyrrole nitrogens is 1. The Morgan fingerprint density at radius 2 is 2.19 bits per heavy atom. The Hall–Kier alpha value is -1.59. The van der Waals surface area contributed by atoms with Crippen LogP contribution in [-0.2, 0) is 9.47 Å². The molecule has 1 aliphatic heterocycles. The highest BCUT2D eigenvalue weighted by Gasteiger charge is 2.19. The third-order valence-electron chi connectivity index (χ3n) is 2.64. The molecule has 2 heterocycles. The van der Waals surface area contributed by atoms with Crippen molar-refractivity contribution < 1.29 is 14.2 Å². The third kappa shape index (κ3) is 1.45. The van der Waals surface area contributed by atoms with Crippen molar-refractivity contribution in [1.29, 1.82) is 0 Å². The zero-order valence-corrected chi connectivity index (χ0v) is 8.90. The fourth-order valence-electron chi connectivity index (χ4n) is 1.86. The molecule has 1 aromatic carbocycles. The van der Waals surface area contributed by atoms with Gasteiger partial charge in [0, 0.05) is 5.56 Å². The van der Waals surface area contributed by atoms with Crippen LogP contribution < -0.4 is 4.74 Å². The number of nitrogens with zero attached hydrogens (tertiary/aromatic N) is 1. The van der Waals surface area contributed by atoms with Crippen molar-refractivity contribution in [3.8, 4) is 5.88 Å². The lowest BCUT2D eigenvalue weighted by atomic mass is 10.1. The number of benzene rings is 1. The van der Waals surface area contributed by atoms with Crippen LogP contribution in [0.15, 0.2) is 18.2 Å². The molecule has 84 valence electrons. The van der Waals surface area contributed by atoms with Crippen LogP contribution in [0.3, 0.4) is 0 Å². The molecule has 1 fully saturated rings. The van der Waals surface area contributed by atoms with Gasteiger partial charge in [-0.1, -0.05) is 6.07 Å². The van der Waals surface area contributed by atoms with Crippen LogP contribution in [0.5, 0.6) is 5.88 Å². The Morgan fingerprint density at radius 3 is 2.94 bits per heavy atom. The zero-order valence-electron chi connectivity index (χ0n) is 8.90. The van der Waals surface area contributed by atoms with Crippen molar-refractivity contribution >= 4 is 10.9 Å². The van der Waals surface area contributed by atoms with E-state index in [1.54, 1.807) is 7.11 Å². The lowest BCUT2D eigenvalue weighted by molar-refractivity contribution is -0.0440. The zero-order chi connectivity index (χ0) is 11.0. The fraction of sp³-hybridized carbons (Fsp3) is 0.364. The molecule has 16 heavy (non-hydrogen) atoms. The third-order valence-corrected chi connectivity index (χ3v) is 2.64. The van der Waals surface area contributed by atoms with E-state index in [1.807, 2.05) is 18.2 Å². The molecule has 1 saturated heterocycles. The molecule has 0 bridgehead atoms. The van der Waals surface area contributed by atoms with Crippen LogP contribution in [0.25, 0.3) is 10.9 Å². The number of rotatable bonds is 2. The van der Waals surface area contributed by atoms with E-state index in [4.69, 9.17) is 14.2 Å². The minimum Gasteiger partial charge on any atom is -0.480 e. The number of aromatic amines is 1. The summed E-state index contributed by atoms with van der Waals surface area (Å²) >= 11 is 0. The van der Waals surface area contributed by atoms with E-state index >= 15 is 0 Å². The summed E-state index contributed by atoms with van der Waals surface area (Å²) in [6.07, 6.45) is -0.260. The molecule has 1 N–H and O–H groups in total. The molecule has 0 unspecified atom stereocenters. The van der Waals surface area contributed by atoms with Gasteiger partial charge in [0.15, 0.2) is 6.29 Å². The van der Waals surface area contributed by atoms with Crippen LogP contribution in [-0.4, -0.2) is 30.5 Å². The highest BCUT2D eigenvalue weighted by molar-refractivity contribution is 5.84. The summed E-state index contributed by atoms with van der Waals surface area (Å²) in [5.74, 6) is 0.592. The number of aromatic nitrogens is 2. The molecule has 5 heteroatoms. The Labute approximate surface area is 92.3 Å². The van der Waals surface area contributed by atoms with Crippen molar-refractivity contribution in [3.63, 3.8) is 0 Å². The van der Waals surface area contributed by atoms with Gasteiger partial charge in [0.2, 0.25) is 5.88 Å². The first-order valence-electron chi connectivity index (χ1n) is 5.14. The maximum absolute atomic E-state index is 5.44. The van der Waals surface area contributed by atoms with Gasteiger partial charge in [0.05, 0.1) is 31.2 Å². The van der Waals surface area contributed by atoms with Crippen LogP contribution in [0.4, 0.5) is 0 Å². The Kier molecular flexibility index (Phi) is 2.27. The van der Waals surface area contributed by atoms with Crippen LogP contribution >= 0.6 is 0 Å². The van der Waals surface area contributed by atoms with Gasteiger partial charge in [-0.2, -0.15) is 0 Å². The maximum Gasteiger partial charge on any atom is 0.240 e. The molecule has 3 rings (SSSR count). The molecule has 0 amide bonds. The molecule has 0 atom stereocenters. The van der Waals surface area contributed by atoms with Gasteiger partial charge in [-0.25, -0.2) is 0 Å². The highest BCUT2D eigenvalue weighted by atomic mass is 16.7. The molecule has 0 saturated carbocycles. The predicted octanol–water partition coefficient (Wildman–Crippen LogP) is 1.62. The van der Waals surface area contributed by atoms with E-state index in [0.717, 1.165) is 16.5 Å². The predicted molar refractivity (Wildman–Crippen MR) is 57.3 cm³/mol. The van der Waals surface area contributed by atoms with Gasteiger partial charge >= 0.3 is 0 Å². The highest BCUT2D eigenvalue weighted by Crippen LogP contribution is 2.29. The topological polar surface area (TPSA) is 56.4 Å². The number of methoxy groups -OCH3 is 1. The van der Waals surface area contributed by atoms with E-state index in [0.29, 0.717) is 19.1 Å². The summed E-state index contributed by atoms with van der Waals surface area (Å²) in [4.78, 5) is 0. The van der Waals surface area contributed by atoms with E-state index in [1.165, 1.54) is 0 Å². The van der Waals surface area contributed by atoms with Gasteiger partial charge in [-0.15, -0.1) is 5.10 Å². The molecule has 2 aromatic rings. The van der Waals surface area contributed by atoms with Gasteiger partial charge in [0.25, 0.3) is 0 Å². The molecule has 0 spiro atoms. The quantitative estimate of drug-likeness (QED) is 0.835. The molecule has 1 aliphatic rings. The molecule has 0 aliphatic carbocycles. The van der Waals surface area contributed by atoms with Crippen molar-refractivity contribution in [2.45, 2.75) is 6.29 Å². The summed E-state index contributed by atoms with van der Waals surface area (Å²) in [7, 11) is 1.60. The molecular weight excluding hydrogens is 208 g/mol. The molecule has 0 radical (unpaired) electrons. The van der Waals surface area contributed by atoms with Crippen molar-refractivity contribution in [3.05, 3.63) is 23.8 Å². The Morgan fingerprint density at radius 1 is 1.38 bits per heavy atom. The van der Waals surface area contributed by atoms with Gasteiger partial charge in [-0.3, -0.25) is 5.10 Å². The average molecular weight is 220 g/mol. The first-order chi connectivity index (χ1) is 7.88. The minimum atomic E-state index is -0.260. The van der Waals surface area contributed by atoms with Crippen molar-refractivity contribution in [2.24, 2.45) is 0 Å². The SMILES string of the molecule is COc1n[nH]c2ccc(C3OCCO3)cc12. The summed E-state index contributed by atoms with van der Waals surface area (Å²) in [5.41, 5.74) is 1.93. The molecule has 1 aromatic heterocycles. The second-order valence-corrected chi connectivity index (χ2v) is 3.61. The van der Waals surface area contributed by atoms with Gasteiger partial charge in [-0.05, 0) is 12.1 Å². The van der Waals surface area contributed by atoms with E-state index in [9.17, 15) is 0 Å². The van der Waals surface area contributed by atoms with Gasteiger partial charge in [0.1, 0.15) is 0 Å². The largest absolute Gasteiger partial charge is 0.480 e. The average Bonchev–Trinajstić information content (AvgIpc) is 2.97. The van der Waals surface area contributed by atoms with Crippen LogP contribution in [0, 0.1) is 0 Å². The monoisotopic (exact) mass is 220 g/mol. The normalized spacial score (nSPS) is 17.1. The van der Waals surface area contributed by atoms with Crippen LogP contribution in [0.1, 0.15) is 11.9 Å². The second kappa shape index (κ2) is 3.77.